The Hall–Kier alpha value is -3.66. The van der Waals surface area contributed by atoms with Crippen LogP contribution in [-0.4, -0.2) is 65.7 Å². The molecule has 2 amide bonds. The molecule has 5 atom stereocenters. The molecular weight excluding hydrogens is 498 g/mol. The van der Waals surface area contributed by atoms with E-state index in [2.05, 4.69) is 6.58 Å². The highest BCUT2D eigenvalue weighted by molar-refractivity contribution is 6.21. The van der Waals surface area contributed by atoms with Crippen molar-refractivity contribution in [1.29, 1.82) is 0 Å². The van der Waals surface area contributed by atoms with Crippen LogP contribution in [-0.2, 0) is 32.2 Å². The Morgan fingerprint density at radius 3 is 1.85 bits per heavy atom. The van der Waals surface area contributed by atoms with Gasteiger partial charge >= 0.3 is 0 Å². The van der Waals surface area contributed by atoms with Crippen LogP contribution in [0.2, 0.25) is 0 Å². The number of carbonyl (C=O) groups is 2. The van der Waals surface area contributed by atoms with Crippen LogP contribution in [0.5, 0.6) is 0 Å². The van der Waals surface area contributed by atoms with E-state index in [1.807, 2.05) is 60.7 Å². The number of rotatable bonds is 11. The van der Waals surface area contributed by atoms with Gasteiger partial charge in [-0.1, -0.05) is 78.9 Å². The Bertz CT molecular complexity index is 1250. The van der Waals surface area contributed by atoms with Crippen LogP contribution in [0.3, 0.4) is 0 Å². The number of amides is 2. The van der Waals surface area contributed by atoms with Crippen LogP contribution < -0.4 is 0 Å². The second kappa shape index (κ2) is 12.5. The molecule has 39 heavy (non-hydrogen) atoms. The summed E-state index contributed by atoms with van der Waals surface area (Å²) in [5.74, 6) is -0.928. The quantitative estimate of drug-likeness (QED) is 0.299. The van der Waals surface area contributed by atoms with Crippen LogP contribution in [0.15, 0.2) is 97.6 Å². The predicted octanol–water partition coefficient (Wildman–Crippen LogP) is 3.74. The van der Waals surface area contributed by atoms with E-state index in [1.54, 1.807) is 30.3 Å². The standard InChI is InChI=1S/C31H31NO7/c1-2-17-36-28-26(32-29(34)23-15-9-10-16-24(23)30(32)35)31(38-20-22-13-7-4-8-14-22)39-25(18-33)27(28)37-19-21-11-5-3-6-12-21/h2-16,25-28,31,33H,1,17-20H2/t25-,26-,27-,28-,31-/m1/s1. The summed E-state index contributed by atoms with van der Waals surface area (Å²) in [5, 5.41) is 10.3. The van der Waals surface area contributed by atoms with Crippen LogP contribution in [0.25, 0.3) is 0 Å². The molecule has 0 aliphatic carbocycles. The molecule has 0 radical (unpaired) electrons. The summed E-state index contributed by atoms with van der Waals surface area (Å²) in [6, 6.07) is 24.7. The van der Waals surface area contributed by atoms with Crippen molar-refractivity contribution in [2.24, 2.45) is 0 Å². The van der Waals surface area contributed by atoms with Crippen molar-refractivity contribution in [2.45, 2.75) is 43.9 Å². The molecule has 0 unspecified atom stereocenters. The highest BCUT2D eigenvalue weighted by Crippen LogP contribution is 2.35. The van der Waals surface area contributed by atoms with Gasteiger partial charge in [-0.15, -0.1) is 6.58 Å². The number of aliphatic hydroxyl groups is 1. The predicted molar refractivity (Wildman–Crippen MR) is 143 cm³/mol. The van der Waals surface area contributed by atoms with Crippen molar-refractivity contribution in [3.05, 3.63) is 120 Å². The zero-order valence-corrected chi connectivity index (χ0v) is 21.4. The molecule has 0 aromatic heterocycles. The second-order valence-corrected chi connectivity index (χ2v) is 9.39. The lowest BCUT2D eigenvalue weighted by Crippen LogP contribution is -2.67. The molecule has 2 aliphatic rings. The normalized spacial score (nSPS) is 24.5. The fraction of sp³-hybridized carbons (Fsp3) is 0.290. The zero-order valence-electron chi connectivity index (χ0n) is 21.4. The van der Waals surface area contributed by atoms with Crippen molar-refractivity contribution in [2.75, 3.05) is 13.2 Å². The maximum Gasteiger partial charge on any atom is 0.262 e. The molecular formula is C31H31NO7. The van der Waals surface area contributed by atoms with Gasteiger partial charge in [-0.3, -0.25) is 14.5 Å². The molecule has 8 heteroatoms. The van der Waals surface area contributed by atoms with Gasteiger partial charge in [0.15, 0.2) is 6.29 Å². The van der Waals surface area contributed by atoms with Crippen LogP contribution in [0, 0.1) is 0 Å². The smallest absolute Gasteiger partial charge is 0.262 e. The first-order valence-electron chi connectivity index (χ1n) is 12.9. The Kier molecular flexibility index (Phi) is 8.61. The van der Waals surface area contributed by atoms with Gasteiger partial charge in [0.1, 0.15) is 24.4 Å². The Morgan fingerprint density at radius 1 is 0.769 bits per heavy atom. The van der Waals surface area contributed by atoms with Gasteiger partial charge in [0.05, 0.1) is 37.6 Å². The van der Waals surface area contributed by atoms with Gasteiger partial charge < -0.3 is 24.1 Å². The van der Waals surface area contributed by atoms with Gasteiger partial charge in [-0.05, 0) is 23.3 Å². The minimum Gasteiger partial charge on any atom is -0.394 e. The summed E-state index contributed by atoms with van der Waals surface area (Å²) < 4.78 is 24.9. The molecule has 2 heterocycles. The fourth-order valence-corrected chi connectivity index (χ4v) is 5.02. The molecule has 2 aliphatic heterocycles. The minimum absolute atomic E-state index is 0.124. The lowest BCUT2D eigenvalue weighted by atomic mass is 9.94. The Balaban J connectivity index is 1.51. The molecule has 8 nitrogen and oxygen atoms in total. The Labute approximate surface area is 227 Å². The van der Waals surface area contributed by atoms with E-state index in [4.69, 9.17) is 18.9 Å². The molecule has 0 bridgehead atoms. The molecule has 1 N–H and O–H groups in total. The molecule has 1 saturated heterocycles. The minimum atomic E-state index is -1.09. The third kappa shape index (κ3) is 5.71. The monoisotopic (exact) mass is 529 g/mol. The molecule has 5 rings (SSSR count). The zero-order chi connectivity index (χ0) is 27.2. The molecule has 0 spiro atoms. The number of hydrogen-bond acceptors (Lipinski definition) is 7. The van der Waals surface area contributed by atoms with Crippen LogP contribution >= 0.6 is 0 Å². The number of imide groups is 1. The van der Waals surface area contributed by atoms with Crippen LogP contribution in [0.4, 0.5) is 0 Å². The van der Waals surface area contributed by atoms with E-state index in [1.165, 1.54) is 0 Å². The highest BCUT2D eigenvalue weighted by Gasteiger charge is 2.55. The van der Waals surface area contributed by atoms with Crippen molar-refractivity contribution in [3.8, 4) is 0 Å². The van der Waals surface area contributed by atoms with Gasteiger partial charge in [0.25, 0.3) is 11.8 Å². The molecule has 3 aromatic carbocycles. The number of nitrogens with zero attached hydrogens (tertiary/aromatic N) is 1. The summed E-state index contributed by atoms with van der Waals surface area (Å²) in [5.41, 5.74) is 2.40. The maximum atomic E-state index is 13.6. The lowest BCUT2D eigenvalue weighted by Gasteiger charge is -2.47. The summed E-state index contributed by atoms with van der Waals surface area (Å²) in [7, 11) is 0. The third-order valence-corrected chi connectivity index (χ3v) is 6.87. The lowest BCUT2D eigenvalue weighted by molar-refractivity contribution is -0.296. The van der Waals surface area contributed by atoms with Gasteiger partial charge in [0.2, 0.25) is 0 Å². The van der Waals surface area contributed by atoms with E-state index >= 15 is 0 Å². The van der Waals surface area contributed by atoms with Crippen molar-refractivity contribution >= 4 is 11.8 Å². The van der Waals surface area contributed by atoms with E-state index in [0.29, 0.717) is 11.1 Å². The summed E-state index contributed by atoms with van der Waals surface area (Å²) >= 11 is 0. The molecule has 3 aromatic rings. The third-order valence-electron chi connectivity index (χ3n) is 6.87. The second-order valence-electron chi connectivity index (χ2n) is 9.39. The molecule has 202 valence electrons. The first-order valence-corrected chi connectivity index (χ1v) is 12.9. The van der Waals surface area contributed by atoms with E-state index in [0.717, 1.165) is 16.0 Å². The number of hydrogen-bond donors (Lipinski definition) is 1. The number of aliphatic hydroxyl groups excluding tert-OH is 1. The van der Waals surface area contributed by atoms with Gasteiger partial charge in [-0.2, -0.15) is 0 Å². The van der Waals surface area contributed by atoms with E-state index in [9.17, 15) is 14.7 Å². The van der Waals surface area contributed by atoms with Gasteiger partial charge in [0, 0.05) is 0 Å². The SMILES string of the molecule is C=CCO[C@H]1[C@H](OCc2ccccc2)[C@@H](CO)O[C@@H](OCc2ccccc2)[C@@H]1N1C(=O)c2ccccc2C1=O. The number of carbonyl (C=O) groups excluding carboxylic acids is 2. The number of benzene rings is 3. The largest absolute Gasteiger partial charge is 0.394 e. The first-order chi connectivity index (χ1) is 19.1. The number of fused-ring (bicyclic) bond motifs is 1. The first kappa shape index (κ1) is 26.9. The van der Waals surface area contributed by atoms with Gasteiger partial charge in [-0.25, -0.2) is 0 Å². The van der Waals surface area contributed by atoms with E-state index in [-0.39, 0.29) is 26.4 Å². The van der Waals surface area contributed by atoms with Crippen molar-refractivity contribution < 1.29 is 33.6 Å². The summed E-state index contributed by atoms with van der Waals surface area (Å²) in [6.07, 6.45) is -2.04. The van der Waals surface area contributed by atoms with Crippen molar-refractivity contribution in [3.63, 3.8) is 0 Å². The topological polar surface area (TPSA) is 94.5 Å². The van der Waals surface area contributed by atoms with Crippen molar-refractivity contribution in [1.82, 2.24) is 4.90 Å². The van der Waals surface area contributed by atoms with Crippen LogP contribution in [0.1, 0.15) is 31.8 Å². The average molecular weight is 530 g/mol. The average Bonchev–Trinajstić information content (AvgIpc) is 3.23. The summed E-state index contributed by atoms with van der Waals surface area (Å²) in [4.78, 5) is 28.4. The Morgan fingerprint density at radius 2 is 1.31 bits per heavy atom. The molecule has 1 fully saturated rings. The summed E-state index contributed by atoms with van der Waals surface area (Å²) in [6.45, 7) is 3.87. The molecule has 0 saturated carbocycles. The fourth-order valence-electron chi connectivity index (χ4n) is 5.02. The van der Waals surface area contributed by atoms with E-state index < -0.39 is 42.5 Å². The highest BCUT2D eigenvalue weighted by atomic mass is 16.7. The maximum absolute atomic E-state index is 13.6. The number of ether oxygens (including phenoxy) is 4.